The summed E-state index contributed by atoms with van der Waals surface area (Å²) in [7, 11) is 0. The molecule has 0 saturated heterocycles. The molecule has 0 spiro atoms. The van der Waals surface area contributed by atoms with Crippen molar-refractivity contribution < 1.29 is 13.6 Å². The van der Waals surface area contributed by atoms with E-state index >= 15 is 0 Å². The Labute approximate surface area is 192 Å². The van der Waals surface area contributed by atoms with Crippen LogP contribution in [-0.4, -0.2) is 19.4 Å². The van der Waals surface area contributed by atoms with Gasteiger partial charge < -0.3 is 10.1 Å². The molecule has 1 N–H and O–H groups in total. The highest BCUT2D eigenvalue weighted by Crippen LogP contribution is 2.29. The van der Waals surface area contributed by atoms with E-state index in [2.05, 4.69) is 37.4 Å². The van der Waals surface area contributed by atoms with Crippen LogP contribution >= 0.6 is 0 Å². The van der Waals surface area contributed by atoms with Crippen LogP contribution in [0.2, 0.25) is 0 Å². The predicted molar refractivity (Wildman–Crippen MR) is 129 cm³/mol. The topological polar surface area (TPSA) is 29.1 Å². The quantitative estimate of drug-likeness (QED) is 0.219. The molecule has 0 fully saturated rings. The number of hydrogen-bond donors (Lipinski definition) is 1. The summed E-state index contributed by atoms with van der Waals surface area (Å²) in [6.45, 7) is 6.14. The van der Waals surface area contributed by atoms with Gasteiger partial charge in [0.2, 0.25) is 0 Å². The molecule has 0 radical (unpaired) electrons. The van der Waals surface area contributed by atoms with Crippen molar-refractivity contribution in [2.45, 2.75) is 84.0 Å². The average Bonchev–Trinajstić information content (AvgIpc) is 2.75. The fourth-order valence-corrected chi connectivity index (χ4v) is 4.20. The van der Waals surface area contributed by atoms with Crippen molar-refractivity contribution >= 4 is 6.29 Å². The lowest BCUT2D eigenvalue weighted by Crippen LogP contribution is -2.16. The van der Waals surface area contributed by atoms with Crippen LogP contribution in [0.5, 0.6) is 0 Å². The van der Waals surface area contributed by atoms with Crippen molar-refractivity contribution in [3.05, 3.63) is 70.3 Å². The molecular formula is C28H39F2NO. The van der Waals surface area contributed by atoms with Crippen molar-refractivity contribution in [1.29, 1.82) is 0 Å². The first-order chi connectivity index (χ1) is 15.5. The normalized spacial score (nSPS) is 12.1. The van der Waals surface area contributed by atoms with E-state index in [1.165, 1.54) is 54.5 Å². The zero-order valence-corrected chi connectivity index (χ0v) is 19.8. The van der Waals surface area contributed by atoms with E-state index in [0.29, 0.717) is 6.42 Å². The van der Waals surface area contributed by atoms with Crippen LogP contribution in [0.4, 0.5) is 8.78 Å². The zero-order valence-electron chi connectivity index (χ0n) is 19.8. The third-order valence-corrected chi connectivity index (χ3v) is 6.24. The predicted octanol–water partition coefficient (Wildman–Crippen LogP) is 7.21. The lowest BCUT2D eigenvalue weighted by atomic mass is 9.86. The molecule has 0 saturated carbocycles. The molecule has 0 aromatic heterocycles. The van der Waals surface area contributed by atoms with Gasteiger partial charge in [0.15, 0.2) is 0 Å². The van der Waals surface area contributed by atoms with Gasteiger partial charge in [-0.1, -0.05) is 50.3 Å². The van der Waals surface area contributed by atoms with Gasteiger partial charge in [0.25, 0.3) is 0 Å². The molecule has 0 amide bonds. The first-order valence-electron chi connectivity index (χ1n) is 12.2. The molecule has 0 aliphatic rings. The molecule has 1 atom stereocenters. The Hall–Kier alpha value is -2.07. The minimum absolute atomic E-state index is 0.123. The number of aldehydes is 1. The number of aryl methyl sites for hydroxylation is 2. The molecule has 176 valence electrons. The number of hydrogen-bond acceptors (Lipinski definition) is 2. The minimum atomic E-state index is -0.496. The maximum atomic E-state index is 13.9. The number of rotatable bonds is 16. The first kappa shape index (κ1) is 26.2. The Kier molecular flexibility index (Phi) is 12.2. The Bertz CT molecular complexity index is 801. The van der Waals surface area contributed by atoms with Crippen LogP contribution < -0.4 is 5.32 Å². The van der Waals surface area contributed by atoms with Gasteiger partial charge in [-0.05, 0) is 92.9 Å². The molecule has 1 unspecified atom stereocenters. The zero-order chi connectivity index (χ0) is 23.2. The molecule has 0 bridgehead atoms. The standard InChI is InChI=1S/C28H39F2NO/c1-22-12-13-24(17-23(22)2)18-25(26-19-27(29)21-28(30)20-26)11-7-5-3-4-6-8-14-31-15-9-10-16-32/h12-13,16-17,19-21,25,31H,3-11,14-15,18H2,1-2H3. The summed E-state index contributed by atoms with van der Waals surface area (Å²) in [5.41, 5.74) is 4.51. The molecule has 2 aromatic rings. The van der Waals surface area contributed by atoms with Gasteiger partial charge in [-0.3, -0.25) is 0 Å². The van der Waals surface area contributed by atoms with E-state index < -0.39 is 11.6 Å². The van der Waals surface area contributed by atoms with Gasteiger partial charge in [-0.2, -0.15) is 0 Å². The van der Waals surface area contributed by atoms with Gasteiger partial charge >= 0.3 is 0 Å². The van der Waals surface area contributed by atoms with Crippen molar-refractivity contribution in [2.24, 2.45) is 0 Å². The SMILES string of the molecule is Cc1ccc(CC(CCCCCCCCNCCCC=O)c2cc(F)cc(F)c2)cc1C. The summed E-state index contributed by atoms with van der Waals surface area (Å²) in [5, 5.41) is 3.37. The summed E-state index contributed by atoms with van der Waals surface area (Å²) >= 11 is 0. The Morgan fingerprint density at radius 1 is 0.812 bits per heavy atom. The van der Waals surface area contributed by atoms with Crippen molar-refractivity contribution in [3.63, 3.8) is 0 Å². The maximum absolute atomic E-state index is 13.9. The number of carbonyl (C=O) groups excluding carboxylic acids is 1. The molecule has 0 heterocycles. The highest BCUT2D eigenvalue weighted by molar-refractivity contribution is 5.49. The van der Waals surface area contributed by atoms with Crippen molar-refractivity contribution in [3.8, 4) is 0 Å². The van der Waals surface area contributed by atoms with Gasteiger partial charge in [-0.25, -0.2) is 8.78 Å². The van der Waals surface area contributed by atoms with Gasteiger partial charge in [0, 0.05) is 12.5 Å². The summed E-state index contributed by atoms with van der Waals surface area (Å²) in [6.07, 6.45) is 11.3. The first-order valence-corrected chi connectivity index (χ1v) is 12.2. The van der Waals surface area contributed by atoms with Crippen LogP contribution in [0.1, 0.15) is 86.0 Å². The Balaban J connectivity index is 1.78. The van der Waals surface area contributed by atoms with E-state index in [4.69, 9.17) is 0 Å². The summed E-state index contributed by atoms with van der Waals surface area (Å²) in [5.74, 6) is -0.868. The molecule has 4 heteroatoms. The fraction of sp³-hybridized carbons (Fsp3) is 0.536. The minimum Gasteiger partial charge on any atom is -0.317 e. The molecular weight excluding hydrogens is 404 g/mol. The number of nitrogens with one attached hydrogen (secondary N) is 1. The van der Waals surface area contributed by atoms with Crippen LogP contribution in [0.3, 0.4) is 0 Å². The second-order valence-electron chi connectivity index (χ2n) is 8.99. The third-order valence-electron chi connectivity index (χ3n) is 6.24. The summed E-state index contributed by atoms with van der Waals surface area (Å²) < 4.78 is 27.7. The van der Waals surface area contributed by atoms with E-state index in [-0.39, 0.29) is 5.92 Å². The van der Waals surface area contributed by atoms with E-state index in [1.807, 2.05) is 0 Å². The second kappa shape index (κ2) is 14.9. The highest BCUT2D eigenvalue weighted by Gasteiger charge is 2.15. The van der Waals surface area contributed by atoms with E-state index in [0.717, 1.165) is 63.1 Å². The highest BCUT2D eigenvalue weighted by atomic mass is 19.1. The average molecular weight is 444 g/mol. The summed E-state index contributed by atoms with van der Waals surface area (Å²) in [6, 6.07) is 10.4. The number of halogens is 2. The van der Waals surface area contributed by atoms with Gasteiger partial charge in [-0.15, -0.1) is 0 Å². The molecule has 2 aromatic carbocycles. The molecule has 0 aliphatic carbocycles. The van der Waals surface area contributed by atoms with Crippen LogP contribution in [0.15, 0.2) is 36.4 Å². The Morgan fingerprint density at radius 2 is 1.47 bits per heavy atom. The van der Waals surface area contributed by atoms with Gasteiger partial charge in [0.1, 0.15) is 17.9 Å². The Morgan fingerprint density at radius 3 is 2.16 bits per heavy atom. The second-order valence-corrected chi connectivity index (χ2v) is 8.99. The van der Waals surface area contributed by atoms with Gasteiger partial charge in [0.05, 0.1) is 0 Å². The third kappa shape index (κ3) is 10.0. The van der Waals surface area contributed by atoms with Crippen molar-refractivity contribution in [1.82, 2.24) is 5.32 Å². The molecule has 32 heavy (non-hydrogen) atoms. The molecule has 2 nitrogen and oxygen atoms in total. The van der Waals surface area contributed by atoms with Crippen LogP contribution in [-0.2, 0) is 11.2 Å². The lowest BCUT2D eigenvalue weighted by Gasteiger charge is -2.19. The van der Waals surface area contributed by atoms with E-state index in [9.17, 15) is 13.6 Å². The molecule has 0 aliphatic heterocycles. The van der Waals surface area contributed by atoms with Crippen molar-refractivity contribution in [2.75, 3.05) is 13.1 Å². The molecule has 2 rings (SSSR count). The number of carbonyl (C=O) groups is 1. The maximum Gasteiger partial charge on any atom is 0.126 e. The fourth-order valence-electron chi connectivity index (χ4n) is 4.20. The lowest BCUT2D eigenvalue weighted by molar-refractivity contribution is -0.107. The monoisotopic (exact) mass is 443 g/mol. The largest absolute Gasteiger partial charge is 0.317 e. The number of benzene rings is 2. The number of unbranched alkanes of at least 4 members (excludes halogenated alkanes) is 6. The van der Waals surface area contributed by atoms with Crippen LogP contribution in [0, 0.1) is 25.5 Å². The summed E-state index contributed by atoms with van der Waals surface area (Å²) in [4.78, 5) is 10.3. The van der Waals surface area contributed by atoms with E-state index in [1.54, 1.807) is 0 Å². The van der Waals surface area contributed by atoms with Crippen LogP contribution in [0.25, 0.3) is 0 Å². The smallest absolute Gasteiger partial charge is 0.126 e.